The molecule has 0 aromatic rings. The highest BCUT2D eigenvalue weighted by molar-refractivity contribution is 5.85. The highest BCUT2D eigenvalue weighted by Gasteiger charge is 2.18. The van der Waals surface area contributed by atoms with Crippen LogP contribution in [-0.2, 0) is 0 Å². The zero-order valence-electron chi connectivity index (χ0n) is 5.79. The van der Waals surface area contributed by atoms with E-state index in [0.29, 0.717) is 0 Å². The van der Waals surface area contributed by atoms with Gasteiger partial charge >= 0.3 is 0 Å². The lowest BCUT2D eigenvalue weighted by Crippen LogP contribution is -2.36. The van der Waals surface area contributed by atoms with Gasteiger partial charge in [-0.2, -0.15) is 0 Å². The average molecular weight is 168 g/mol. The topological polar surface area (TPSA) is 52.5 Å². The van der Waals surface area contributed by atoms with Gasteiger partial charge in [0.2, 0.25) is 0 Å². The fraction of sp³-hybridized carbons (Fsp3) is 1.00. The minimum Gasteiger partial charge on any atom is -0.368 e. The fourth-order valence-electron chi connectivity index (χ4n) is 1.13. The maximum absolute atomic E-state index is 8.69. The van der Waals surface area contributed by atoms with Crippen LogP contribution < -0.4 is 5.32 Å². The second kappa shape index (κ2) is 4.91. The second-order valence-electron chi connectivity index (χ2n) is 2.52. The van der Waals surface area contributed by atoms with Crippen LogP contribution in [0.2, 0.25) is 0 Å². The van der Waals surface area contributed by atoms with Gasteiger partial charge in [-0.05, 0) is 19.4 Å². The molecule has 0 aromatic heterocycles. The quantitative estimate of drug-likeness (QED) is 0.471. The molecule has 10 heavy (non-hydrogen) atoms. The predicted molar refractivity (Wildman–Crippen MR) is 41.1 cm³/mol. The van der Waals surface area contributed by atoms with Crippen LogP contribution in [0, 0.1) is 5.92 Å². The molecule has 3 N–H and O–H groups in total. The lowest BCUT2D eigenvalue weighted by Gasteiger charge is -2.23. The molecule has 1 rings (SSSR count). The van der Waals surface area contributed by atoms with Gasteiger partial charge in [0.25, 0.3) is 0 Å². The largest absolute Gasteiger partial charge is 0.368 e. The van der Waals surface area contributed by atoms with E-state index in [9.17, 15) is 0 Å². The lowest BCUT2D eigenvalue weighted by molar-refractivity contribution is -0.0885. The van der Waals surface area contributed by atoms with Crippen LogP contribution in [0.3, 0.4) is 0 Å². The predicted octanol–water partition coefficient (Wildman–Crippen LogP) is -0.282. The molecule has 0 radical (unpaired) electrons. The van der Waals surface area contributed by atoms with Crippen molar-refractivity contribution >= 4 is 12.4 Å². The van der Waals surface area contributed by atoms with Crippen molar-refractivity contribution in [3.05, 3.63) is 0 Å². The van der Waals surface area contributed by atoms with Crippen molar-refractivity contribution in [3.63, 3.8) is 0 Å². The van der Waals surface area contributed by atoms with Crippen molar-refractivity contribution in [1.29, 1.82) is 0 Å². The number of hydrogen-bond acceptors (Lipinski definition) is 3. The fourth-order valence-corrected chi connectivity index (χ4v) is 1.13. The molecule has 1 unspecified atom stereocenters. The zero-order valence-corrected chi connectivity index (χ0v) is 6.60. The highest BCUT2D eigenvalue weighted by atomic mass is 35.5. The van der Waals surface area contributed by atoms with Crippen molar-refractivity contribution in [2.24, 2.45) is 5.92 Å². The van der Waals surface area contributed by atoms with Crippen LogP contribution in [0.1, 0.15) is 12.8 Å². The van der Waals surface area contributed by atoms with Gasteiger partial charge in [0.05, 0.1) is 0 Å². The van der Waals surface area contributed by atoms with Crippen LogP contribution in [0.15, 0.2) is 0 Å². The standard InChI is InChI=1S/C6H13NO2.ClH/c8-6(9)5-2-1-3-7-4-5;/h5-9H,1-4H2;1H. The molecular formula is C6H14ClNO2. The minimum absolute atomic E-state index is 0. The van der Waals surface area contributed by atoms with E-state index in [0.717, 1.165) is 25.9 Å². The molecule has 1 atom stereocenters. The first-order valence-electron chi connectivity index (χ1n) is 3.37. The Balaban J connectivity index is 0.000000810. The maximum Gasteiger partial charge on any atom is 0.155 e. The summed E-state index contributed by atoms with van der Waals surface area (Å²) in [6.45, 7) is 1.76. The lowest BCUT2D eigenvalue weighted by atomic mass is 9.99. The number of nitrogens with one attached hydrogen (secondary N) is 1. The molecule has 1 saturated heterocycles. The number of hydrogen-bond donors (Lipinski definition) is 3. The van der Waals surface area contributed by atoms with E-state index in [1.54, 1.807) is 0 Å². The first-order chi connectivity index (χ1) is 4.30. The van der Waals surface area contributed by atoms with Crippen LogP contribution in [0.5, 0.6) is 0 Å². The van der Waals surface area contributed by atoms with Gasteiger partial charge in [0, 0.05) is 12.5 Å². The normalized spacial score (nSPS) is 26.1. The molecule has 0 amide bonds. The summed E-state index contributed by atoms with van der Waals surface area (Å²) in [5.41, 5.74) is 0. The van der Waals surface area contributed by atoms with E-state index in [1.807, 2.05) is 0 Å². The van der Waals surface area contributed by atoms with Crippen LogP contribution in [0.4, 0.5) is 0 Å². The zero-order chi connectivity index (χ0) is 6.69. The first kappa shape index (κ1) is 10.2. The smallest absolute Gasteiger partial charge is 0.155 e. The van der Waals surface area contributed by atoms with E-state index in [-0.39, 0.29) is 18.3 Å². The molecule has 1 heterocycles. The molecule has 1 aliphatic heterocycles. The van der Waals surface area contributed by atoms with Gasteiger partial charge in [-0.1, -0.05) is 0 Å². The number of rotatable bonds is 1. The van der Waals surface area contributed by atoms with Crippen LogP contribution in [-0.4, -0.2) is 29.6 Å². The van der Waals surface area contributed by atoms with E-state index in [4.69, 9.17) is 10.2 Å². The molecule has 0 bridgehead atoms. The summed E-state index contributed by atoms with van der Waals surface area (Å²) in [6, 6.07) is 0. The third kappa shape index (κ3) is 2.84. The van der Waals surface area contributed by atoms with Crippen LogP contribution >= 0.6 is 12.4 Å². The Bertz CT molecular complexity index is 83.8. The number of halogens is 1. The molecule has 0 aromatic carbocycles. The first-order valence-corrected chi connectivity index (χ1v) is 3.37. The SMILES string of the molecule is Cl.OC(O)C1CCCNC1. The number of piperidine rings is 1. The number of aliphatic hydroxyl groups excluding tert-OH is 1. The maximum atomic E-state index is 8.69. The molecule has 4 heteroatoms. The third-order valence-electron chi connectivity index (χ3n) is 1.76. The Morgan fingerprint density at radius 2 is 2.10 bits per heavy atom. The van der Waals surface area contributed by atoms with Crippen molar-refractivity contribution in [2.45, 2.75) is 19.1 Å². The summed E-state index contributed by atoms with van der Waals surface area (Å²) in [4.78, 5) is 0. The summed E-state index contributed by atoms with van der Waals surface area (Å²) in [5, 5.41) is 20.5. The van der Waals surface area contributed by atoms with E-state index in [2.05, 4.69) is 5.32 Å². The molecule has 0 aliphatic carbocycles. The van der Waals surface area contributed by atoms with E-state index < -0.39 is 6.29 Å². The van der Waals surface area contributed by atoms with Gasteiger partial charge < -0.3 is 15.5 Å². The molecular weight excluding hydrogens is 154 g/mol. The van der Waals surface area contributed by atoms with E-state index >= 15 is 0 Å². The minimum atomic E-state index is -1.13. The summed E-state index contributed by atoms with van der Waals surface area (Å²) in [7, 11) is 0. The molecule has 0 spiro atoms. The Labute approximate surface area is 66.8 Å². The van der Waals surface area contributed by atoms with Crippen molar-refractivity contribution in [1.82, 2.24) is 5.32 Å². The summed E-state index contributed by atoms with van der Waals surface area (Å²) < 4.78 is 0. The Morgan fingerprint density at radius 1 is 1.40 bits per heavy atom. The Hall–Kier alpha value is 0.170. The van der Waals surface area contributed by atoms with Crippen molar-refractivity contribution in [2.75, 3.05) is 13.1 Å². The van der Waals surface area contributed by atoms with Gasteiger partial charge in [0.1, 0.15) is 0 Å². The monoisotopic (exact) mass is 167 g/mol. The van der Waals surface area contributed by atoms with Gasteiger partial charge in [-0.25, -0.2) is 0 Å². The molecule has 0 saturated carbocycles. The second-order valence-corrected chi connectivity index (χ2v) is 2.52. The molecule has 3 nitrogen and oxygen atoms in total. The van der Waals surface area contributed by atoms with Gasteiger partial charge in [0.15, 0.2) is 6.29 Å². The average Bonchev–Trinajstić information content (AvgIpc) is 1.90. The van der Waals surface area contributed by atoms with Gasteiger partial charge in [-0.15, -0.1) is 12.4 Å². The third-order valence-corrected chi connectivity index (χ3v) is 1.76. The van der Waals surface area contributed by atoms with Crippen LogP contribution in [0.25, 0.3) is 0 Å². The van der Waals surface area contributed by atoms with Crippen molar-refractivity contribution in [3.8, 4) is 0 Å². The molecule has 1 fully saturated rings. The number of aliphatic hydroxyl groups is 2. The van der Waals surface area contributed by atoms with E-state index in [1.165, 1.54) is 0 Å². The summed E-state index contributed by atoms with van der Waals surface area (Å²) in [5.74, 6) is 0.0544. The van der Waals surface area contributed by atoms with Crippen molar-refractivity contribution < 1.29 is 10.2 Å². The summed E-state index contributed by atoms with van der Waals surface area (Å²) in [6.07, 6.45) is 0.866. The highest BCUT2D eigenvalue weighted by Crippen LogP contribution is 2.11. The Kier molecular flexibility index (Phi) is 4.99. The summed E-state index contributed by atoms with van der Waals surface area (Å²) >= 11 is 0. The molecule has 62 valence electrons. The Morgan fingerprint density at radius 3 is 2.40 bits per heavy atom. The molecule has 1 aliphatic rings. The van der Waals surface area contributed by atoms with Gasteiger partial charge in [-0.3, -0.25) is 0 Å².